The van der Waals surface area contributed by atoms with Crippen molar-refractivity contribution in [2.24, 2.45) is 0 Å². The van der Waals surface area contributed by atoms with Crippen molar-refractivity contribution in [1.82, 2.24) is 20.2 Å². The molecule has 0 fully saturated rings. The second-order valence-corrected chi connectivity index (χ2v) is 3.44. The molecule has 0 aliphatic rings. The van der Waals surface area contributed by atoms with Crippen molar-refractivity contribution in [3.63, 3.8) is 0 Å². The van der Waals surface area contributed by atoms with Crippen LogP contribution in [0.4, 0.5) is 11.6 Å². The van der Waals surface area contributed by atoms with E-state index >= 15 is 0 Å². The van der Waals surface area contributed by atoms with E-state index in [2.05, 4.69) is 15.5 Å². The molecule has 0 amide bonds. The van der Waals surface area contributed by atoms with E-state index in [1.54, 1.807) is 12.1 Å². The molecule has 0 saturated heterocycles. The molecule has 2 rings (SSSR count). The Bertz CT molecular complexity index is 537. The summed E-state index contributed by atoms with van der Waals surface area (Å²) in [6.07, 6.45) is 0. The maximum Gasteiger partial charge on any atom is 0.269 e. The topological polar surface area (TPSA) is 122 Å². The Balaban J connectivity index is 1.87. The van der Waals surface area contributed by atoms with Crippen LogP contribution in [0.25, 0.3) is 0 Å². The smallest absolute Gasteiger partial charge is 0.269 e. The molecule has 2 aromatic rings. The largest absolute Gasteiger partial charge is 0.367 e. The number of anilines is 1. The van der Waals surface area contributed by atoms with E-state index in [1.807, 2.05) is 0 Å². The number of rotatable bonds is 5. The lowest BCUT2D eigenvalue weighted by Gasteiger charge is -2.04. The van der Waals surface area contributed by atoms with E-state index in [0.717, 1.165) is 5.56 Å². The first-order chi connectivity index (χ1) is 8.66. The minimum absolute atomic E-state index is 0.0449. The molecule has 0 atom stereocenters. The van der Waals surface area contributed by atoms with Gasteiger partial charge >= 0.3 is 0 Å². The van der Waals surface area contributed by atoms with Gasteiger partial charge in [0, 0.05) is 12.1 Å². The normalized spacial score (nSPS) is 10.4. The number of nitrogens with zero attached hydrogens (tertiary/aromatic N) is 5. The predicted molar refractivity (Wildman–Crippen MR) is 60.1 cm³/mol. The maximum absolute atomic E-state index is 10.5. The third-order valence-electron chi connectivity index (χ3n) is 2.19. The van der Waals surface area contributed by atoms with Gasteiger partial charge in [0.2, 0.25) is 5.95 Å². The minimum Gasteiger partial charge on any atom is -0.367 e. The molecule has 9 heteroatoms. The van der Waals surface area contributed by atoms with Crippen molar-refractivity contribution in [2.45, 2.75) is 13.3 Å². The molecule has 0 spiro atoms. The lowest BCUT2D eigenvalue weighted by Crippen LogP contribution is -2.08. The summed E-state index contributed by atoms with van der Waals surface area (Å²) in [5.74, 6) is 0.165. The van der Waals surface area contributed by atoms with Crippen LogP contribution in [-0.2, 0) is 18.1 Å². The van der Waals surface area contributed by atoms with Gasteiger partial charge in [-0.3, -0.25) is 10.1 Å². The fourth-order valence-corrected chi connectivity index (χ4v) is 1.27. The van der Waals surface area contributed by atoms with Gasteiger partial charge < -0.3 is 10.5 Å². The summed E-state index contributed by atoms with van der Waals surface area (Å²) in [6.45, 7) is 0.410. The molecule has 9 nitrogen and oxygen atoms in total. The second kappa shape index (κ2) is 5.19. The van der Waals surface area contributed by atoms with Gasteiger partial charge in [-0.25, -0.2) is 0 Å². The summed E-state index contributed by atoms with van der Waals surface area (Å²) in [7, 11) is 0. The van der Waals surface area contributed by atoms with Crippen molar-refractivity contribution in [3.8, 4) is 0 Å². The standard InChI is InChI=1S/C9H10N6O3/c10-9-11-12-13-14(9)6-18-5-7-1-3-8(4-2-7)15(16)17/h1-4H,5-6H2,(H2,10,11,13). The van der Waals surface area contributed by atoms with Gasteiger partial charge in [-0.2, -0.15) is 4.68 Å². The maximum atomic E-state index is 10.5. The Morgan fingerprint density at radius 2 is 2.11 bits per heavy atom. The number of nitrogen functional groups attached to an aromatic ring is 1. The monoisotopic (exact) mass is 250 g/mol. The van der Waals surface area contributed by atoms with E-state index < -0.39 is 4.92 Å². The van der Waals surface area contributed by atoms with Crippen LogP contribution in [0.3, 0.4) is 0 Å². The molecule has 0 unspecified atom stereocenters. The molecule has 2 N–H and O–H groups in total. The van der Waals surface area contributed by atoms with Crippen LogP contribution in [0.1, 0.15) is 5.56 Å². The fraction of sp³-hybridized carbons (Fsp3) is 0.222. The lowest BCUT2D eigenvalue weighted by atomic mass is 10.2. The van der Waals surface area contributed by atoms with Gasteiger partial charge in [-0.15, -0.1) is 0 Å². The number of benzene rings is 1. The van der Waals surface area contributed by atoms with Gasteiger partial charge in [-0.05, 0) is 28.1 Å². The first-order valence-electron chi connectivity index (χ1n) is 4.99. The van der Waals surface area contributed by atoms with E-state index in [0.29, 0.717) is 0 Å². The molecule has 1 aromatic carbocycles. The van der Waals surface area contributed by atoms with Crippen LogP contribution in [0.5, 0.6) is 0 Å². The number of non-ortho nitro benzene ring substituents is 1. The molecule has 0 saturated carbocycles. The Labute approximate surface area is 101 Å². The number of hydrogen-bond donors (Lipinski definition) is 1. The molecule has 0 bridgehead atoms. The van der Waals surface area contributed by atoms with Crippen LogP contribution >= 0.6 is 0 Å². The van der Waals surface area contributed by atoms with Gasteiger partial charge in [0.05, 0.1) is 11.5 Å². The highest BCUT2D eigenvalue weighted by molar-refractivity contribution is 5.32. The molecule has 0 aliphatic carbocycles. The van der Waals surface area contributed by atoms with E-state index in [9.17, 15) is 10.1 Å². The predicted octanol–water partition coefficient (Wildman–Crippen LogP) is 0.338. The number of hydrogen-bond acceptors (Lipinski definition) is 7. The van der Waals surface area contributed by atoms with Crippen molar-refractivity contribution in [3.05, 3.63) is 39.9 Å². The molecule has 0 aliphatic heterocycles. The van der Waals surface area contributed by atoms with E-state index in [1.165, 1.54) is 16.8 Å². The van der Waals surface area contributed by atoms with Crippen molar-refractivity contribution >= 4 is 11.6 Å². The highest BCUT2D eigenvalue weighted by Crippen LogP contribution is 2.12. The number of nitrogens with two attached hydrogens (primary N) is 1. The van der Waals surface area contributed by atoms with Crippen LogP contribution in [0.15, 0.2) is 24.3 Å². The summed E-state index contributed by atoms with van der Waals surface area (Å²) in [4.78, 5) is 10.0. The summed E-state index contributed by atoms with van der Waals surface area (Å²) < 4.78 is 6.61. The molecule has 94 valence electrons. The van der Waals surface area contributed by atoms with Crippen molar-refractivity contribution in [2.75, 3.05) is 5.73 Å². The van der Waals surface area contributed by atoms with Crippen molar-refractivity contribution < 1.29 is 9.66 Å². The average molecular weight is 250 g/mol. The molecular weight excluding hydrogens is 240 g/mol. The average Bonchev–Trinajstić information content (AvgIpc) is 2.76. The Morgan fingerprint density at radius 1 is 1.39 bits per heavy atom. The number of aromatic nitrogens is 4. The number of nitro benzene ring substituents is 1. The number of nitro groups is 1. The summed E-state index contributed by atoms with van der Waals surface area (Å²) in [5, 5.41) is 20.9. The zero-order valence-electron chi connectivity index (χ0n) is 9.26. The zero-order valence-corrected chi connectivity index (χ0v) is 9.26. The van der Waals surface area contributed by atoms with Gasteiger partial charge in [0.1, 0.15) is 6.73 Å². The Kier molecular flexibility index (Phi) is 3.44. The van der Waals surface area contributed by atoms with Crippen LogP contribution < -0.4 is 5.73 Å². The molecule has 1 aromatic heterocycles. The Morgan fingerprint density at radius 3 is 2.67 bits per heavy atom. The van der Waals surface area contributed by atoms with Gasteiger partial charge in [0.15, 0.2) is 0 Å². The van der Waals surface area contributed by atoms with Crippen LogP contribution in [0, 0.1) is 10.1 Å². The summed E-state index contributed by atoms with van der Waals surface area (Å²) in [6, 6.07) is 6.09. The van der Waals surface area contributed by atoms with Gasteiger partial charge in [0.25, 0.3) is 5.69 Å². The minimum atomic E-state index is -0.452. The fourth-order valence-electron chi connectivity index (χ4n) is 1.27. The van der Waals surface area contributed by atoms with Crippen LogP contribution in [0.2, 0.25) is 0 Å². The number of tetrazole rings is 1. The number of ether oxygens (including phenoxy) is 1. The Hall–Kier alpha value is -2.55. The van der Waals surface area contributed by atoms with Gasteiger partial charge in [-0.1, -0.05) is 5.10 Å². The quantitative estimate of drug-likeness (QED) is 0.599. The first-order valence-corrected chi connectivity index (χ1v) is 4.99. The first kappa shape index (κ1) is 11.9. The molecule has 1 heterocycles. The molecule has 18 heavy (non-hydrogen) atoms. The molecular formula is C9H10N6O3. The highest BCUT2D eigenvalue weighted by atomic mass is 16.6. The second-order valence-electron chi connectivity index (χ2n) is 3.44. The summed E-state index contributed by atoms with van der Waals surface area (Å²) in [5.41, 5.74) is 6.30. The van der Waals surface area contributed by atoms with Crippen LogP contribution in [-0.4, -0.2) is 25.1 Å². The van der Waals surface area contributed by atoms with E-state index in [4.69, 9.17) is 10.5 Å². The molecule has 0 radical (unpaired) electrons. The highest BCUT2D eigenvalue weighted by Gasteiger charge is 2.04. The summed E-state index contributed by atoms with van der Waals surface area (Å²) >= 11 is 0. The van der Waals surface area contributed by atoms with Crippen molar-refractivity contribution in [1.29, 1.82) is 0 Å². The third kappa shape index (κ3) is 2.77. The lowest BCUT2D eigenvalue weighted by molar-refractivity contribution is -0.384. The SMILES string of the molecule is Nc1nnnn1COCc1ccc([N+](=O)[O-])cc1. The zero-order chi connectivity index (χ0) is 13.0. The van der Waals surface area contributed by atoms with E-state index in [-0.39, 0.29) is 25.0 Å². The third-order valence-corrected chi connectivity index (χ3v) is 2.19.